The van der Waals surface area contributed by atoms with Gasteiger partial charge in [0, 0.05) is 13.0 Å². The number of aromatic hydroxyl groups is 1. The Morgan fingerprint density at radius 3 is 2.43 bits per heavy atom. The largest absolute Gasteiger partial charge is 0.507 e. The maximum atomic E-state index is 12.0. The Balaban J connectivity index is 2.16. The molecule has 0 aliphatic heterocycles. The zero-order valence-corrected chi connectivity index (χ0v) is 11.4. The van der Waals surface area contributed by atoms with Gasteiger partial charge in [-0.3, -0.25) is 9.59 Å². The zero-order chi connectivity index (χ0) is 15.2. The van der Waals surface area contributed by atoms with Crippen LogP contribution in [-0.2, 0) is 4.79 Å². The fourth-order valence-electron chi connectivity index (χ4n) is 1.78. The highest BCUT2D eigenvalue weighted by Crippen LogP contribution is 2.24. The van der Waals surface area contributed by atoms with E-state index in [1.165, 1.54) is 31.2 Å². The first-order valence-corrected chi connectivity index (χ1v) is 6.35. The van der Waals surface area contributed by atoms with Crippen LogP contribution in [0.2, 0.25) is 0 Å². The van der Waals surface area contributed by atoms with Crippen molar-refractivity contribution in [2.24, 2.45) is 0 Å². The summed E-state index contributed by atoms with van der Waals surface area (Å²) in [6, 6.07) is 13.5. The number of benzene rings is 2. The molecule has 0 saturated carbocycles. The predicted molar refractivity (Wildman–Crippen MR) is 79.2 cm³/mol. The van der Waals surface area contributed by atoms with E-state index in [0.29, 0.717) is 0 Å². The molecule has 0 amide bonds. The molecular formula is C17H14O4. The van der Waals surface area contributed by atoms with E-state index in [2.05, 4.69) is 0 Å². The van der Waals surface area contributed by atoms with Gasteiger partial charge in [-0.15, -0.1) is 0 Å². The third-order valence-electron chi connectivity index (χ3n) is 2.72. The van der Waals surface area contributed by atoms with Crippen molar-refractivity contribution >= 4 is 17.8 Å². The Morgan fingerprint density at radius 1 is 1.10 bits per heavy atom. The Kier molecular flexibility index (Phi) is 4.51. The number of rotatable bonds is 4. The van der Waals surface area contributed by atoms with E-state index in [1.807, 2.05) is 30.3 Å². The highest BCUT2D eigenvalue weighted by Gasteiger charge is 2.10. The molecule has 4 heteroatoms. The quantitative estimate of drug-likeness (QED) is 0.405. The van der Waals surface area contributed by atoms with Gasteiger partial charge >= 0.3 is 5.97 Å². The van der Waals surface area contributed by atoms with Crippen LogP contribution in [0.1, 0.15) is 22.8 Å². The SMILES string of the molecule is CC(=O)Oc1ccc(C(=O)C=Cc2ccccc2)c(O)c1. The number of hydrogen-bond donors (Lipinski definition) is 1. The predicted octanol–water partition coefficient (Wildman–Crippen LogP) is 3.21. The molecular weight excluding hydrogens is 268 g/mol. The molecule has 0 heterocycles. The van der Waals surface area contributed by atoms with Gasteiger partial charge in [0.15, 0.2) is 5.78 Å². The van der Waals surface area contributed by atoms with Crippen LogP contribution in [0.5, 0.6) is 11.5 Å². The fourth-order valence-corrected chi connectivity index (χ4v) is 1.78. The number of ether oxygens (including phenoxy) is 1. The first-order chi connectivity index (χ1) is 10.1. The molecule has 106 valence electrons. The van der Waals surface area contributed by atoms with Gasteiger partial charge < -0.3 is 9.84 Å². The average molecular weight is 282 g/mol. The van der Waals surface area contributed by atoms with E-state index in [9.17, 15) is 14.7 Å². The van der Waals surface area contributed by atoms with Gasteiger partial charge in [-0.05, 0) is 23.8 Å². The summed E-state index contributed by atoms with van der Waals surface area (Å²) in [4.78, 5) is 22.8. The van der Waals surface area contributed by atoms with Gasteiger partial charge in [0.2, 0.25) is 0 Å². The summed E-state index contributed by atoms with van der Waals surface area (Å²) in [6.45, 7) is 1.26. The normalized spacial score (nSPS) is 10.5. The number of phenols is 1. The molecule has 21 heavy (non-hydrogen) atoms. The minimum Gasteiger partial charge on any atom is -0.507 e. The van der Waals surface area contributed by atoms with Gasteiger partial charge in [0.1, 0.15) is 11.5 Å². The number of allylic oxidation sites excluding steroid dienone is 1. The zero-order valence-electron chi connectivity index (χ0n) is 11.4. The summed E-state index contributed by atoms with van der Waals surface area (Å²) in [5.74, 6) is -0.844. The maximum Gasteiger partial charge on any atom is 0.308 e. The molecule has 0 unspecified atom stereocenters. The van der Waals surface area contributed by atoms with Crippen molar-refractivity contribution in [2.45, 2.75) is 6.92 Å². The summed E-state index contributed by atoms with van der Waals surface area (Å²) in [6.07, 6.45) is 3.05. The smallest absolute Gasteiger partial charge is 0.308 e. The second-order valence-corrected chi connectivity index (χ2v) is 4.38. The minimum absolute atomic E-state index is 0.151. The first kappa shape index (κ1) is 14.5. The van der Waals surface area contributed by atoms with Gasteiger partial charge in [0.05, 0.1) is 5.56 Å². The van der Waals surface area contributed by atoms with Gasteiger partial charge in [-0.1, -0.05) is 36.4 Å². The molecule has 2 rings (SSSR count). The number of hydrogen-bond acceptors (Lipinski definition) is 4. The van der Waals surface area contributed by atoms with Crippen molar-refractivity contribution in [1.29, 1.82) is 0 Å². The van der Waals surface area contributed by atoms with Gasteiger partial charge in [-0.25, -0.2) is 0 Å². The van der Waals surface area contributed by atoms with Crippen LogP contribution in [0.15, 0.2) is 54.6 Å². The molecule has 1 N–H and O–H groups in total. The highest BCUT2D eigenvalue weighted by molar-refractivity contribution is 6.08. The molecule has 4 nitrogen and oxygen atoms in total. The van der Waals surface area contributed by atoms with Crippen LogP contribution in [-0.4, -0.2) is 16.9 Å². The maximum absolute atomic E-state index is 12.0. The van der Waals surface area contributed by atoms with Crippen molar-refractivity contribution < 1.29 is 19.4 Å². The molecule has 0 aliphatic rings. The molecule has 0 aliphatic carbocycles. The number of carbonyl (C=O) groups is 2. The topological polar surface area (TPSA) is 63.6 Å². The monoisotopic (exact) mass is 282 g/mol. The van der Waals surface area contributed by atoms with Crippen molar-refractivity contribution in [3.05, 3.63) is 65.7 Å². The van der Waals surface area contributed by atoms with Crippen LogP contribution >= 0.6 is 0 Å². The molecule has 0 atom stereocenters. The second-order valence-electron chi connectivity index (χ2n) is 4.38. The van der Waals surface area contributed by atoms with E-state index in [0.717, 1.165) is 5.56 Å². The Bertz CT molecular complexity index is 687. The average Bonchev–Trinajstić information content (AvgIpc) is 2.45. The fraction of sp³-hybridized carbons (Fsp3) is 0.0588. The highest BCUT2D eigenvalue weighted by atomic mass is 16.5. The van der Waals surface area contributed by atoms with E-state index in [-0.39, 0.29) is 22.8 Å². The van der Waals surface area contributed by atoms with Crippen molar-refractivity contribution in [3.63, 3.8) is 0 Å². The van der Waals surface area contributed by atoms with Crippen LogP contribution < -0.4 is 4.74 Å². The molecule has 0 fully saturated rings. The number of esters is 1. The Labute approximate surface area is 122 Å². The summed E-state index contributed by atoms with van der Waals surface area (Å²) in [5.41, 5.74) is 1.04. The van der Waals surface area contributed by atoms with E-state index >= 15 is 0 Å². The molecule has 2 aromatic rings. The summed E-state index contributed by atoms with van der Waals surface area (Å²) in [7, 11) is 0. The lowest BCUT2D eigenvalue weighted by molar-refractivity contribution is -0.131. The minimum atomic E-state index is -0.488. The molecule has 0 bridgehead atoms. The lowest BCUT2D eigenvalue weighted by Gasteiger charge is -2.04. The third-order valence-corrected chi connectivity index (χ3v) is 2.72. The van der Waals surface area contributed by atoms with E-state index < -0.39 is 5.97 Å². The lowest BCUT2D eigenvalue weighted by Crippen LogP contribution is -2.02. The standard InChI is InChI=1S/C17H14O4/c1-12(18)21-14-8-9-15(17(20)11-14)16(19)10-7-13-5-3-2-4-6-13/h2-11,20H,1H3. The van der Waals surface area contributed by atoms with Gasteiger partial charge in [-0.2, -0.15) is 0 Å². The van der Waals surface area contributed by atoms with E-state index in [4.69, 9.17) is 4.74 Å². The third kappa shape index (κ3) is 4.04. The second kappa shape index (κ2) is 6.52. The molecule has 0 spiro atoms. The Hall–Kier alpha value is -2.88. The summed E-state index contributed by atoms with van der Waals surface area (Å²) >= 11 is 0. The lowest BCUT2D eigenvalue weighted by atomic mass is 10.1. The summed E-state index contributed by atoms with van der Waals surface area (Å²) < 4.78 is 4.83. The Morgan fingerprint density at radius 2 is 1.81 bits per heavy atom. The van der Waals surface area contributed by atoms with E-state index in [1.54, 1.807) is 6.08 Å². The number of phenolic OH excluding ortho intramolecular Hbond substituents is 1. The van der Waals surface area contributed by atoms with Crippen LogP contribution in [0, 0.1) is 0 Å². The molecule has 0 aromatic heterocycles. The van der Waals surface area contributed by atoms with Crippen LogP contribution in [0.4, 0.5) is 0 Å². The van der Waals surface area contributed by atoms with Crippen LogP contribution in [0.25, 0.3) is 6.08 Å². The molecule has 2 aromatic carbocycles. The molecule has 0 saturated heterocycles. The molecule has 0 radical (unpaired) electrons. The van der Waals surface area contributed by atoms with Crippen molar-refractivity contribution in [2.75, 3.05) is 0 Å². The van der Waals surface area contributed by atoms with Crippen molar-refractivity contribution in [1.82, 2.24) is 0 Å². The number of carbonyl (C=O) groups excluding carboxylic acids is 2. The first-order valence-electron chi connectivity index (χ1n) is 6.35. The van der Waals surface area contributed by atoms with Gasteiger partial charge in [0.25, 0.3) is 0 Å². The van der Waals surface area contributed by atoms with Crippen LogP contribution in [0.3, 0.4) is 0 Å². The summed E-state index contributed by atoms with van der Waals surface area (Å²) in [5, 5.41) is 9.83. The van der Waals surface area contributed by atoms with Crippen molar-refractivity contribution in [3.8, 4) is 11.5 Å². The number of ketones is 1.